The molecule has 0 spiro atoms. The second-order valence-corrected chi connectivity index (χ2v) is 8.85. The zero-order chi connectivity index (χ0) is 20.9. The molecule has 0 atom stereocenters. The summed E-state index contributed by atoms with van der Waals surface area (Å²) >= 11 is 0. The fraction of sp³-hybridized carbons (Fsp3) is 0.318. The lowest BCUT2D eigenvalue weighted by molar-refractivity contribution is -0.131. The summed E-state index contributed by atoms with van der Waals surface area (Å²) in [5.41, 5.74) is 2.74. The van der Waals surface area contributed by atoms with E-state index in [1.807, 2.05) is 55.5 Å². The number of hydrogen-bond acceptors (Lipinski definition) is 4. The molecule has 1 fully saturated rings. The predicted molar refractivity (Wildman–Crippen MR) is 114 cm³/mol. The average Bonchev–Trinajstić information content (AvgIpc) is 2.73. The maximum Gasteiger partial charge on any atom is 0.236 e. The third-order valence-electron chi connectivity index (χ3n) is 4.96. The first-order valence-corrected chi connectivity index (χ1v) is 11.0. The summed E-state index contributed by atoms with van der Waals surface area (Å²) in [7, 11) is -1.92. The molecule has 2 aromatic carbocycles. The van der Waals surface area contributed by atoms with E-state index >= 15 is 0 Å². The van der Waals surface area contributed by atoms with Crippen molar-refractivity contribution in [1.82, 2.24) is 9.21 Å². The summed E-state index contributed by atoms with van der Waals surface area (Å²) in [5, 5.41) is 1.23. The Morgan fingerprint density at radius 1 is 1.07 bits per heavy atom. The topological polar surface area (TPSA) is 66.9 Å². The molecule has 1 aliphatic heterocycles. The van der Waals surface area contributed by atoms with Crippen molar-refractivity contribution in [3.63, 3.8) is 0 Å². The smallest absolute Gasteiger partial charge is 0.236 e. The summed E-state index contributed by atoms with van der Waals surface area (Å²) < 4.78 is 31.9. The molecule has 0 aromatic heterocycles. The highest BCUT2D eigenvalue weighted by Gasteiger charge is 2.27. The number of ether oxygens (including phenoxy) is 1. The van der Waals surface area contributed by atoms with Gasteiger partial charge in [-0.05, 0) is 24.6 Å². The van der Waals surface area contributed by atoms with E-state index in [-0.39, 0.29) is 25.4 Å². The SMILES string of the molecule is COc1ccc(C)cc1CC(=O)N1CCN(S(=O)(=O)/C=C/c2ccccc2)CC1. The largest absolute Gasteiger partial charge is 0.496 e. The van der Waals surface area contributed by atoms with Gasteiger partial charge >= 0.3 is 0 Å². The van der Waals surface area contributed by atoms with Gasteiger partial charge in [-0.2, -0.15) is 4.31 Å². The third kappa shape index (κ3) is 5.46. The number of piperazine rings is 1. The Hall–Kier alpha value is -2.64. The van der Waals surface area contributed by atoms with Crippen LogP contribution in [0, 0.1) is 6.92 Å². The van der Waals surface area contributed by atoms with Gasteiger partial charge in [-0.15, -0.1) is 0 Å². The number of benzene rings is 2. The van der Waals surface area contributed by atoms with E-state index in [1.54, 1.807) is 18.1 Å². The zero-order valence-electron chi connectivity index (χ0n) is 16.7. The number of nitrogens with zero attached hydrogens (tertiary/aromatic N) is 2. The molecule has 0 unspecified atom stereocenters. The van der Waals surface area contributed by atoms with Crippen LogP contribution in [-0.4, -0.2) is 56.8 Å². The molecule has 154 valence electrons. The van der Waals surface area contributed by atoms with Crippen LogP contribution in [0.15, 0.2) is 53.9 Å². The van der Waals surface area contributed by atoms with Crippen LogP contribution in [-0.2, 0) is 21.2 Å². The van der Waals surface area contributed by atoms with Gasteiger partial charge in [0.1, 0.15) is 5.75 Å². The third-order valence-corrected chi connectivity index (χ3v) is 6.53. The van der Waals surface area contributed by atoms with Crippen LogP contribution in [0.2, 0.25) is 0 Å². The molecule has 0 N–H and O–H groups in total. The van der Waals surface area contributed by atoms with Crippen LogP contribution in [0.1, 0.15) is 16.7 Å². The quantitative estimate of drug-likeness (QED) is 0.729. The van der Waals surface area contributed by atoms with E-state index in [0.717, 1.165) is 16.7 Å². The van der Waals surface area contributed by atoms with E-state index in [1.165, 1.54) is 9.71 Å². The van der Waals surface area contributed by atoms with Crippen molar-refractivity contribution in [2.45, 2.75) is 13.3 Å². The van der Waals surface area contributed by atoms with Gasteiger partial charge in [0.25, 0.3) is 0 Å². The average molecular weight is 415 g/mol. The summed E-state index contributed by atoms with van der Waals surface area (Å²) in [6, 6.07) is 15.1. The fourth-order valence-corrected chi connectivity index (χ4v) is 4.50. The monoisotopic (exact) mass is 414 g/mol. The van der Waals surface area contributed by atoms with Gasteiger partial charge in [0, 0.05) is 37.2 Å². The number of hydrogen-bond donors (Lipinski definition) is 0. The number of sulfonamides is 1. The lowest BCUT2D eigenvalue weighted by Crippen LogP contribution is -2.50. The van der Waals surface area contributed by atoms with E-state index < -0.39 is 10.0 Å². The van der Waals surface area contributed by atoms with Crippen LogP contribution in [0.5, 0.6) is 5.75 Å². The Morgan fingerprint density at radius 2 is 1.76 bits per heavy atom. The van der Waals surface area contributed by atoms with Crippen LogP contribution >= 0.6 is 0 Å². The minimum atomic E-state index is -3.51. The van der Waals surface area contributed by atoms with Crippen molar-refractivity contribution < 1.29 is 17.9 Å². The van der Waals surface area contributed by atoms with E-state index in [0.29, 0.717) is 18.8 Å². The molecule has 0 radical (unpaired) electrons. The number of rotatable bonds is 6. The summed E-state index contributed by atoms with van der Waals surface area (Å²) in [6.07, 6.45) is 1.84. The molecule has 3 rings (SSSR count). The van der Waals surface area contributed by atoms with Gasteiger partial charge in [-0.1, -0.05) is 48.0 Å². The van der Waals surface area contributed by atoms with E-state index in [9.17, 15) is 13.2 Å². The van der Waals surface area contributed by atoms with Gasteiger partial charge in [0.05, 0.1) is 13.5 Å². The second-order valence-electron chi connectivity index (χ2n) is 7.03. The normalized spacial score (nSPS) is 15.6. The molecule has 0 bridgehead atoms. The fourth-order valence-electron chi connectivity index (χ4n) is 3.33. The molecule has 6 nitrogen and oxygen atoms in total. The Morgan fingerprint density at radius 3 is 2.41 bits per heavy atom. The molecule has 2 aromatic rings. The molecule has 1 aliphatic rings. The van der Waals surface area contributed by atoms with Crippen LogP contribution < -0.4 is 4.74 Å². The Bertz CT molecular complexity index is 979. The summed E-state index contributed by atoms with van der Waals surface area (Å²) in [5.74, 6) is 0.669. The van der Waals surface area contributed by atoms with Crippen molar-refractivity contribution >= 4 is 22.0 Å². The molecule has 1 amide bonds. The van der Waals surface area contributed by atoms with Crippen molar-refractivity contribution in [2.75, 3.05) is 33.3 Å². The van der Waals surface area contributed by atoms with Gasteiger partial charge < -0.3 is 9.64 Å². The molecular weight excluding hydrogens is 388 g/mol. The molecular formula is C22H26N2O4S. The van der Waals surface area contributed by atoms with Crippen molar-refractivity contribution in [3.05, 3.63) is 70.6 Å². The molecule has 1 saturated heterocycles. The molecule has 1 heterocycles. The maximum absolute atomic E-state index is 12.7. The minimum Gasteiger partial charge on any atom is -0.496 e. The first-order chi connectivity index (χ1) is 13.9. The molecule has 0 saturated carbocycles. The molecule has 7 heteroatoms. The highest BCUT2D eigenvalue weighted by Crippen LogP contribution is 2.21. The van der Waals surface area contributed by atoms with Crippen molar-refractivity contribution in [2.24, 2.45) is 0 Å². The summed E-state index contributed by atoms with van der Waals surface area (Å²) in [6.45, 7) is 3.31. The lowest BCUT2D eigenvalue weighted by Gasteiger charge is -2.33. The van der Waals surface area contributed by atoms with Crippen molar-refractivity contribution in [1.29, 1.82) is 0 Å². The first-order valence-electron chi connectivity index (χ1n) is 9.53. The van der Waals surface area contributed by atoms with Gasteiger partial charge in [-0.3, -0.25) is 4.79 Å². The maximum atomic E-state index is 12.7. The molecule has 29 heavy (non-hydrogen) atoms. The number of carbonyl (C=O) groups is 1. The van der Waals surface area contributed by atoms with Gasteiger partial charge in [0.2, 0.25) is 15.9 Å². The number of amides is 1. The number of methoxy groups -OCH3 is 1. The molecule has 0 aliphatic carbocycles. The standard InChI is InChI=1S/C22H26N2O4S/c1-18-8-9-21(28-2)20(16-18)17-22(25)23-11-13-24(14-12-23)29(26,27)15-10-19-6-4-3-5-7-19/h3-10,15-16H,11-14,17H2,1-2H3/b15-10+. The first kappa shape index (κ1) is 21.1. The second kappa shape index (κ2) is 9.24. The highest BCUT2D eigenvalue weighted by atomic mass is 32.2. The number of carbonyl (C=O) groups excluding carboxylic acids is 1. The lowest BCUT2D eigenvalue weighted by atomic mass is 10.1. The van der Waals surface area contributed by atoms with Crippen LogP contribution in [0.3, 0.4) is 0 Å². The zero-order valence-corrected chi connectivity index (χ0v) is 17.6. The van der Waals surface area contributed by atoms with Crippen molar-refractivity contribution in [3.8, 4) is 5.75 Å². The number of aryl methyl sites for hydroxylation is 1. The predicted octanol–water partition coefficient (Wildman–Crippen LogP) is 2.69. The van der Waals surface area contributed by atoms with Crippen LogP contribution in [0.25, 0.3) is 6.08 Å². The Labute approximate surface area is 172 Å². The summed E-state index contributed by atoms with van der Waals surface area (Å²) in [4.78, 5) is 14.4. The Kier molecular flexibility index (Phi) is 6.71. The highest BCUT2D eigenvalue weighted by molar-refractivity contribution is 7.92. The van der Waals surface area contributed by atoms with E-state index in [2.05, 4.69) is 0 Å². The van der Waals surface area contributed by atoms with Gasteiger partial charge in [-0.25, -0.2) is 8.42 Å². The van der Waals surface area contributed by atoms with E-state index in [4.69, 9.17) is 4.74 Å². The Balaban J connectivity index is 1.59. The minimum absolute atomic E-state index is 0.0224. The van der Waals surface area contributed by atoms with Crippen LogP contribution in [0.4, 0.5) is 0 Å². The van der Waals surface area contributed by atoms with Gasteiger partial charge in [0.15, 0.2) is 0 Å².